The van der Waals surface area contributed by atoms with Crippen LogP contribution >= 0.6 is 0 Å². The Balaban J connectivity index is 2.14. The van der Waals surface area contributed by atoms with Gasteiger partial charge in [0.1, 0.15) is 0 Å². The van der Waals surface area contributed by atoms with Crippen LogP contribution in [0.3, 0.4) is 0 Å². The summed E-state index contributed by atoms with van der Waals surface area (Å²) in [6, 6.07) is 11.4. The predicted octanol–water partition coefficient (Wildman–Crippen LogP) is 2.74. The van der Waals surface area contributed by atoms with Crippen LogP contribution in [0.15, 0.2) is 41.3 Å². The van der Waals surface area contributed by atoms with Gasteiger partial charge < -0.3 is 5.32 Å². The summed E-state index contributed by atoms with van der Waals surface area (Å²) in [5.41, 5.74) is 4.01. The lowest BCUT2D eigenvalue weighted by molar-refractivity contribution is -0.116. The number of nitriles is 1. The average molecular weight is 371 g/mol. The Hall–Kier alpha value is -2.69. The molecule has 0 heterocycles. The molecule has 1 N–H and O–H groups in total. The maximum Gasteiger partial charge on any atom is 0.243 e. The van der Waals surface area contributed by atoms with E-state index < -0.39 is 15.9 Å². The molecule has 1 amide bonds. The fourth-order valence-corrected chi connectivity index (χ4v) is 3.85. The Morgan fingerprint density at radius 1 is 1.12 bits per heavy atom. The molecule has 0 fully saturated rings. The maximum absolute atomic E-state index is 12.6. The van der Waals surface area contributed by atoms with Crippen molar-refractivity contribution in [2.24, 2.45) is 0 Å². The summed E-state index contributed by atoms with van der Waals surface area (Å²) in [6.45, 7) is 5.46. The number of anilines is 1. The molecular formula is C19H21N3O3S. The van der Waals surface area contributed by atoms with Crippen LogP contribution in [-0.2, 0) is 14.8 Å². The van der Waals surface area contributed by atoms with Gasteiger partial charge in [-0.25, -0.2) is 8.42 Å². The van der Waals surface area contributed by atoms with E-state index in [0.29, 0.717) is 11.3 Å². The van der Waals surface area contributed by atoms with Crippen molar-refractivity contribution < 1.29 is 13.2 Å². The van der Waals surface area contributed by atoms with Crippen molar-refractivity contribution in [3.8, 4) is 6.07 Å². The van der Waals surface area contributed by atoms with Crippen LogP contribution in [0, 0.1) is 32.1 Å². The van der Waals surface area contributed by atoms with Crippen LogP contribution in [0.2, 0.25) is 0 Å². The molecule has 2 rings (SSSR count). The van der Waals surface area contributed by atoms with Gasteiger partial charge >= 0.3 is 0 Å². The van der Waals surface area contributed by atoms with E-state index in [1.165, 1.54) is 31.3 Å². The smallest absolute Gasteiger partial charge is 0.243 e. The number of hydrogen-bond acceptors (Lipinski definition) is 4. The number of nitrogens with one attached hydrogen (secondary N) is 1. The predicted molar refractivity (Wildman–Crippen MR) is 100 cm³/mol. The number of likely N-dealkylation sites (N-methyl/N-ethyl adjacent to an activating group) is 1. The molecule has 0 radical (unpaired) electrons. The highest BCUT2D eigenvalue weighted by Gasteiger charge is 2.23. The van der Waals surface area contributed by atoms with Crippen molar-refractivity contribution in [3.63, 3.8) is 0 Å². The second-order valence-corrected chi connectivity index (χ2v) is 8.26. The van der Waals surface area contributed by atoms with E-state index in [-0.39, 0.29) is 11.4 Å². The molecule has 136 valence electrons. The second kappa shape index (κ2) is 7.68. The molecule has 0 bridgehead atoms. The topological polar surface area (TPSA) is 90.3 Å². The van der Waals surface area contributed by atoms with Crippen LogP contribution in [0.5, 0.6) is 0 Å². The molecule has 7 heteroatoms. The normalized spacial score (nSPS) is 11.2. The SMILES string of the molecule is Cc1cc(C)c(NC(=O)CN(C)S(=O)(=O)c2ccc(C#N)cc2)c(C)c1. The van der Waals surface area contributed by atoms with E-state index in [1.54, 1.807) is 0 Å². The minimum absolute atomic E-state index is 0.0366. The zero-order chi connectivity index (χ0) is 19.5. The summed E-state index contributed by atoms with van der Waals surface area (Å²) >= 11 is 0. The molecule has 26 heavy (non-hydrogen) atoms. The van der Waals surface area contributed by atoms with Gasteiger partial charge in [-0.3, -0.25) is 4.79 Å². The molecule has 6 nitrogen and oxygen atoms in total. The minimum atomic E-state index is -3.82. The fraction of sp³-hybridized carbons (Fsp3) is 0.263. The van der Waals surface area contributed by atoms with Crippen LogP contribution in [-0.4, -0.2) is 32.2 Å². The molecule has 2 aromatic carbocycles. The summed E-state index contributed by atoms with van der Waals surface area (Å²) < 4.78 is 26.1. The number of amides is 1. The molecule has 0 saturated heterocycles. The van der Waals surface area contributed by atoms with E-state index in [1.807, 2.05) is 39.0 Å². The van der Waals surface area contributed by atoms with Gasteiger partial charge in [-0.15, -0.1) is 0 Å². The molecule has 0 saturated carbocycles. The fourth-order valence-electron chi connectivity index (χ4n) is 2.72. The number of hydrogen-bond donors (Lipinski definition) is 1. The van der Waals surface area contributed by atoms with Gasteiger partial charge in [0, 0.05) is 12.7 Å². The van der Waals surface area contributed by atoms with Crippen molar-refractivity contribution in [2.75, 3.05) is 18.9 Å². The van der Waals surface area contributed by atoms with E-state index in [9.17, 15) is 13.2 Å². The summed E-state index contributed by atoms with van der Waals surface area (Å²) in [4.78, 5) is 12.4. The van der Waals surface area contributed by atoms with Gasteiger partial charge in [0.25, 0.3) is 0 Å². The van der Waals surface area contributed by atoms with Gasteiger partial charge in [-0.05, 0) is 56.2 Å². The summed E-state index contributed by atoms with van der Waals surface area (Å²) in [5, 5.41) is 11.6. The maximum atomic E-state index is 12.6. The van der Waals surface area contributed by atoms with E-state index in [0.717, 1.165) is 21.0 Å². The highest BCUT2D eigenvalue weighted by Crippen LogP contribution is 2.22. The molecule has 0 spiro atoms. The van der Waals surface area contributed by atoms with E-state index in [2.05, 4.69) is 5.32 Å². The number of sulfonamides is 1. The highest BCUT2D eigenvalue weighted by atomic mass is 32.2. The number of nitrogens with zero attached hydrogens (tertiary/aromatic N) is 2. The summed E-state index contributed by atoms with van der Waals surface area (Å²) in [5.74, 6) is -0.417. The minimum Gasteiger partial charge on any atom is -0.324 e. The van der Waals surface area contributed by atoms with Gasteiger partial charge in [0.2, 0.25) is 15.9 Å². The van der Waals surface area contributed by atoms with Gasteiger partial charge in [0.05, 0.1) is 23.1 Å². The van der Waals surface area contributed by atoms with Crippen LogP contribution < -0.4 is 5.32 Å². The summed E-state index contributed by atoms with van der Waals surface area (Å²) in [7, 11) is -2.47. The molecule has 0 aliphatic rings. The zero-order valence-corrected chi connectivity index (χ0v) is 16.0. The number of aryl methyl sites for hydroxylation is 3. The standard InChI is InChI=1S/C19H21N3O3S/c1-13-9-14(2)19(15(3)10-13)21-18(23)12-22(4)26(24,25)17-7-5-16(11-20)6-8-17/h5-10H,12H2,1-4H3,(H,21,23). The first-order valence-corrected chi connectivity index (χ1v) is 9.43. The van der Waals surface area contributed by atoms with Crippen molar-refractivity contribution in [1.82, 2.24) is 4.31 Å². The molecule has 0 atom stereocenters. The number of benzene rings is 2. The third-order valence-corrected chi connectivity index (χ3v) is 5.82. The molecular weight excluding hydrogens is 350 g/mol. The number of carbonyl (C=O) groups is 1. The Labute approximate surface area is 154 Å². The Kier molecular flexibility index (Phi) is 5.80. The molecule has 0 aliphatic heterocycles. The van der Waals surface area contributed by atoms with Gasteiger partial charge in [0.15, 0.2) is 0 Å². The van der Waals surface area contributed by atoms with Crippen LogP contribution in [0.4, 0.5) is 5.69 Å². The first kappa shape index (κ1) is 19.6. The highest BCUT2D eigenvalue weighted by molar-refractivity contribution is 7.89. The Bertz CT molecular complexity index is 951. The molecule has 0 unspecified atom stereocenters. The molecule has 0 aliphatic carbocycles. The van der Waals surface area contributed by atoms with Crippen LogP contribution in [0.1, 0.15) is 22.3 Å². The van der Waals surface area contributed by atoms with Crippen molar-refractivity contribution in [1.29, 1.82) is 5.26 Å². The average Bonchev–Trinajstić information content (AvgIpc) is 2.58. The first-order chi connectivity index (χ1) is 12.1. The van der Waals surface area contributed by atoms with Crippen molar-refractivity contribution in [3.05, 3.63) is 58.7 Å². The summed E-state index contributed by atoms with van der Waals surface area (Å²) in [6.07, 6.45) is 0. The van der Waals surface area contributed by atoms with Gasteiger partial charge in [-0.1, -0.05) is 17.7 Å². The first-order valence-electron chi connectivity index (χ1n) is 7.99. The zero-order valence-electron chi connectivity index (χ0n) is 15.2. The largest absolute Gasteiger partial charge is 0.324 e. The number of carbonyl (C=O) groups excluding carboxylic acids is 1. The Morgan fingerprint density at radius 2 is 1.65 bits per heavy atom. The lowest BCUT2D eigenvalue weighted by atomic mass is 10.1. The second-order valence-electron chi connectivity index (χ2n) is 6.22. The van der Waals surface area contributed by atoms with Crippen LogP contribution in [0.25, 0.3) is 0 Å². The number of rotatable bonds is 5. The quantitative estimate of drug-likeness (QED) is 0.875. The van der Waals surface area contributed by atoms with Gasteiger partial charge in [-0.2, -0.15) is 9.57 Å². The van der Waals surface area contributed by atoms with Crippen molar-refractivity contribution in [2.45, 2.75) is 25.7 Å². The third kappa shape index (κ3) is 4.28. The molecule has 2 aromatic rings. The monoisotopic (exact) mass is 371 g/mol. The van der Waals surface area contributed by atoms with E-state index >= 15 is 0 Å². The van der Waals surface area contributed by atoms with Crippen molar-refractivity contribution >= 4 is 21.6 Å². The lowest BCUT2D eigenvalue weighted by Gasteiger charge is -2.18. The van der Waals surface area contributed by atoms with E-state index in [4.69, 9.17) is 5.26 Å². The lowest BCUT2D eigenvalue weighted by Crippen LogP contribution is -2.35. The third-order valence-electron chi connectivity index (χ3n) is 4.00. The molecule has 0 aromatic heterocycles. The Morgan fingerprint density at radius 3 is 2.15 bits per heavy atom.